The summed E-state index contributed by atoms with van der Waals surface area (Å²) in [6.07, 6.45) is 1.14. The van der Waals surface area contributed by atoms with Crippen molar-refractivity contribution in [3.8, 4) is 5.75 Å². The van der Waals surface area contributed by atoms with Gasteiger partial charge in [0.1, 0.15) is 12.3 Å². The average molecular weight is 455 g/mol. The number of carbonyl (C=O) groups is 1. The maximum Gasteiger partial charge on any atom is 0.245 e. The molecule has 2 aromatic carbocycles. The maximum absolute atomic E-state index is 12.4. The van der Waals surface area contributed by atoms with Gasteiger partial charge in [-0.1, -0.05) is 15.9 Å². The van der Waals surface area contributed by atoms with Crippen LogP contribution in [0.1, 0.15) is 19.4 Å². The van der Waals surface area contributed by atoms with Gasteiger partial charge in [-0.15, -0.1) is 0 Å². The van der Waals surface area contributed by atoms with Crippen molar-refractivity contribution in [2.45, 2.75) is 26.9 Å². The van der Waals surface area contributed by atoms with Crippen LogP contribution in [0.5, 0.6) is 5.75 Å². The lowest BCUT2D eigenvalue weighted by Gasteiger charge is -2.22. The molecule has 0 bridgehead atoms. The predicted molar refractivity (Wildman–Crippen MR) is 112 cm³/mol. The lowest BCUT2D eigenvalue weighted by molar-refractivity contribution is -0.114. The SMILES string of the molecule is Cc1cc(N(CC(=O)Nc2ccc(OC(C)C)cc2)S(C)(=O)=O)ccc1Br. The zero-order valence-corrected chi connectivity index (χ0v) is 18.1. The smallest absolute Gasteiger partial charge is 0.245 e. The number of anilines is 2. The Kier molecular flexibility index (Phi) is 6.89. The number of aryl methyl sites for hydroxylation is 1. The molecule has 6 nitrogen and oxygen atoms in total. The zero-order valence-electron chi connectivity index (χ0n) is 15.7. The molecule has 1 amide bonds. The van der Waals surface area contributed by atoms with Crippen LogP contribution in [0, 0.1) is 6.92 Å². The second-order valence-electron chi connectivity index (χ2n) is 6.44. The van der Waals surface area contributed by atoms with Crippen molar-refractivity contribution < 1.29 is 17.9 Å². The molecule has 2 rings (SSSR count). The Labute approximate surface area is 168 Å². The maximum atomic E-state index is 12.4. The number of rotatable bonds is 7. The summed E-state index contributed by atoms with van der Waals surface area (Å²) in [5.74, 6) is 0.268. The molecule has 27 heavy (non-hydrogen) atoms. The molecule has 0 atom stereocenters. The first kappa shape index (κ1) is 21.2. The van der Waals surface area contributed by atoms with Gasteiger partial charge in [0.15, 0.2) is 0 Å². The van der Waals surface area contributed by atoms with Crippen LogP contribution < -0.4 is 14.4 Å². The summed E-state index contributed by atoms with van der Waals surface area (Å²) in [6, 6.07) is 12.1. The Morgan fingerprint density at radius 1 is 1.19 bits per heavy atom. The fraction of sp³-hybridized carbons (Fsp3) is 0.316. The first-order valence-corrected chi connectivity index (χ1v) is 11.0. The van der Waals surface area contributed by atoms with Crippen molar-refractivity contribution >= 4 is 43.2 Å². The van der Waals surface area contributed by atoms with Gasteiger partial charge in [-0.2, -0.15) is 0 Å². The molecule has 0 aliphatic heterocycles. The normalized spacial score (nSPS) is 11.3. The molecule has 8 heteroatoms. The molecule has 0 aliphatic carbocycles. The number of carbonyl (C=O) groups excluding carboxylic acids is 1. The minimum absolute atomic E-state index is 0.0585. The molecule has 0 aliphatic rings. The third kappa shape index (κ3) is 6.25. The zero-order chi connectivity index (χ0) is 20.2. The second kappa shape index (κ2) is 8.75. The van der Waals surface area contributed by atoms with E-state index in [1.807, 2.05) is 20.8 Å². The van der Waals surface area contributed by atoms with Crippen molar-refractivity contribution in [1.29, 1.82) is 0 Å². The average Bonchev–Trinajstić information content (AvgIpc) is 2.56. The van der Waals surface area contributed by atoms with Crippen LogP contribution in [0.3, 0.4) is 0 Å². The summed E-state index contributed by atoms with van der Waals surface area (Å²) in [7, 11) is -3.62. The van der Waals surface area contributed by atoms with E-state index in [-0.39, 0.29) is 12.6 Å². The van der Waals surface area contributed by atoms with Crippen LogP contribution in [-0.2, 0) is 14.8 Å². The van der Waals surface area contributed by atoms with Crippen molar-refractivity contribution in [3.63, 3.8) is 0 Å². The highest BCUT2D eigenvalue weighted by Crippen LogP contribution is 2.25. The molecule has 0 radical (unpaired) electrons. The monoisotopic (exact) mass is 454 g/mol. The van der Waals surface area contributed by atoms with E-state index in [9.17, 15) is 13.2 Å². The Hall–Kier alpha value is -2.06. The van der Waals surface area contributed by atoms with Crippen molar-refractivity contribution in [1.82, 2.24) is 0 Å². The number of nitrogens with one attached hydrogen (secondary N) is 1. The number of ether oxygens (including phenoxy) is 1. The fourth-order valence-corrected chi connectivity index (χ4v) is 3.50. The molecule has 2 aromatic rings. The van der Waals surface area contributed by atoms with Gasteiger partial charge in [0.2, 0.25) is 15.9 Å². The van der Waals surface area contributed by atoms with Gasteiger partial charge < -0.3 is 10.1 Å². The number of benzene rings is 2. The number of hydrogen-bond acceptors (Lipinski definition) is 4. The molecule has 0 saturated heterocycles. The van der Waals surface area contributed by atoms with Gasteiger partial charge in [0.05, 0.1) is 18.0 Å². The van der Waals surface area contributed by atoms with Gasteiger partial charge in [0.25, 0.3) is 0 Å². The van der Waals surface area contributed by atoms with E-state index in [2.05, 4.69) is 21.2 Å². The molecule has 0 saturated carbocycles. The Morgan fingerprint density at radius 2 is 1.81 bits per heavy atom. The van der Waals surface area contributed by atoms with E-state index in [0.29, 0.717) is 17.1 Å². The lowest BCUT2D eigenvalue weighted by atomic mass is 10.2. The summed E-state index contributed by atoms with van der Waals surface area (Å²) in [6.45, 7) is 5.40. The van der Waals surface area contributed by atoms with Gasteiger partial charge in [0, 0.05) is 10.2 Å². The highest BCUT2D eigenvalue weighted by Gasteiger charge is 2.21. The summed E-state index contributed by atoms with van der Waals surface area (Å²) in [4.78, 5) is 12.4. The highest BCUT2D eigenvalue weighted by atomic mass is 79.9. The Balaban J connectivity index is 2.13. The van der Waals surface area contributed by atoms with E-state index in [0.717, 1.165) is 20.6 Å². The van der Waals surface area contributed by atoms with Gasteiger partial charge >= 0.3 is 0 Å². The number of nitrogens with zero attached hydrogens (tertiary/aromatic N) is 1. The summed E-state index contributed by atoms with van der Waals surface area (Å²) < 4.78 is 31.9. The Morgan fingerprint density at radius 3 is 2.33 bits per heavy atom. The Bertz CT molecular complexity index is 912. The van der Waals surface area contributed by atoms with E-state index in [4.69, 9.17) is 4.74 Å². The largest absolute Gasteiger partial charge is 0.491 e. The molecule has 0 heterocycles. The van der Waals surface area contributed by atoms with Crippen LogP contribution in [0.15, 0.2) is 46.9 Å². The van der Waals surface area contributed by atoms with Gasteiger partial charge in [-0.05, 0) is 68.8 Å². The number of hydrogen-bond donors (Lipinski definition) is 1. The molecule has 0 unspecified atom stereocenters. The number of halogens is 1. The first-order chi connectivity index (χ1) is 12.6. The van der Waals surface area contributed by atoms with Crippen molar-refractivity contribution in [2.75, 3.05) is 22.4 Å². The molecule has 146 valence electrons. The van der Waals surface area contributed by atoms with Gasteiger partial charge in [-0.3, -0.25) is 9.10 Å². The fourth-order valence-electron chi connectivity index (χ4n) is 2.40. The van der Waals surface area contributed by atoms with Crippen molar-refractivity contribution in [2.24, 2.45) is 0 Å². The summed E-state index contributed by atoms with van der Waals surface area (Å²) in [5, 5.41) is 2.71. The highest BCUT2D eigenvalue weighted by molar-refractivity contribution is 9.10. The third-order valence-corrected chi connectivity index (χ3v) is 5.66. The second-order valence-corrected chi connectivity index (χ2v) is 9.20. The molecule has 1 N–H and O–H groups in total. The van der Waals surface area contributed by atoms with Gasteiger partial charge in [-0.25, -0.2) is 8.42 Å². The van der Waals surface area contributed by atoms with Crippen LogP contribution in [-0.4, -0.2) is 33.2 Å². The lowest BCUT2D eigenvalue weighted by Crippen LogP contribution is -2.37. The summed E-state index contributed by atoms with van der Waals surface area (Å²) >= 11 is 3.39. The van der Waals surface area contributed by atoms with Crippen LogP contribution in [0.25, 0.3) is 0 Å². The predicted octanol–water partition coefficient (Wildman–Crippen LogP) is 3.95. The third-order valence-electron chi connectivity index (χ3n) is 3.63. The van der Waals surface area contributed by atoms with E-state index in [1.165, 1.54) is 0 Å². The van der Waals surface area contributed by atoms with E-state index in [1.54, 1.807) is 42.5 Å². The van der Waals surface area contributed by atoms with Crippen LogP contribution >= 0.6 is 15.9 Å². The topological polar surface area (TPSA) is 75.7 Å². The minimum Gasteiger partial charge on any atom is -0.491 e. The van der Waals surface area contributed by atoms with E-state index >= 15 is 0 Å². The van der Waals surface area contributed by atoms with Crippen molar-refractivity contribution in [3.05, 3.63) is 52.5 Å². The number of amides is 1. The standard InChI is InChI=1S/C19H23BrN2O4S/c1-13(2)26-17-8-5-15(6-9-17)21-19(23)12-22(27(4,24)25)16-7-10-18(20)14(3)11-16/h5-11,13H,12H2,1-4H3,(H,21,23). The van der Waals surface area contributed by atoms with E-state index < -0.39 is 15.9 Å². The quantitative estimate of drug-likeness (QED) is 0.686. The summed E-state index contributed by atoms with van der Waals surface area (Å²) in [5.41, 5.74) is 1.88. The molecular weight excluding hydrogens is 432 g/mol. The molecule has 0 spiro atoms. The van der Waals surface area contributed by atoms with Crippen LogP contribution in [0.2, 0.25) is 0 Å². The molecular formula is C19H23BrN2O4S. The first-order valence-electron chi connectivity index (χ1n) is 8.36. The minimum atomic E-state index is -3.62. The number of sulfonamides is 1. The molecule has 0 fully saturated rings. The van der Waals surface area contributed by atoms with Crippen LogP contribution in [0.4, 0.5) is 11.4 Å². The molecule has 0 aromatic heterocycles.